The van der Waals surface area contributed by atoms with Crippen molar-refractivity contribution in [2.24, 2.45) is 5.73 Å². The fourth-order valence-corrected chi connectivity index (χ4v) is 0.976. The lowest BCUT2D eigenvalue weighted by molar-refractivity contribution is -0.742. The Hall–Kier alpha value is -1.83. The van der Waals surface area contributed by atoms with E-state index in [1.807, 2.05) is 0 Å². The largest absolute Gasteiger partial charge is 0.368 e. The molecule has 0 aromatic carbocycles. The highest BCUT2D eigenvalue weighted by atomic mass is 35.5. The predicted molar refractivity (Wildman–Crippen MR) is 52.8 cm³/mol. The Kier molecular flexibility index (Phi) is 4.52. The topological polar surface area (TPSA) is 131 Å². The third kappa shape index (κ3) is 3.81. The van der Waals surface area contributed by atoms with E-state index >= 15 is 0 Å². The molecule has 0 spiro atoms. The van der Waals surface area contributed by atoms with Crippen LogP contribution in [0.4, 0.5) is 0 Å². The molecule has 0 bridgehead atoms. The summed E-state index contributed by atoms with van der Waals surface area (Å²) in [5.41, 5.74) is 6.62. The molecule has 0 atom stereocenters. The number of rotatable bonds is 0. The highest BCUT2D eigenvalue weighted by Crippen LogP contribution is 2.17. The van der Waals surface area contributed by atoms with Crippen LogP contribution >= 0.6 is 11.6 Å². The first kappa shape index (κ1) is 13.2. The summed E-state index contributed by atoms with van der Waals surface area (Å²) in [5.74, 6) is -0.113. The normalized spacial score (nSPS) is 9.00. The SMILES string of the molecule is Cc1nn(C(=N)N)c(C)c1Cl.O=[N+]([O-])O. The van der Waals surface area contributed by atoms with Crippen LogP contribution in [0.2, 0.25) is 5.02 Å². The third-order valence-electron chi connectivity index (χ3n) is 1.43. The molecule has 84 valence electrons. The van der Waals surface area contributed by atoms with Crippen molar-refractivity contribution < 1.29 is 10.3 Å². The lowest BCUT2D eigenvalue weighted by atomic mass is 10.4. The number of nitrogen functional groups attached to an aromatic ring is 1. The minimum Gasteiger partial charge on any atom is -0.368 e. The Morgan fingerprint density at radius 2 is 2.13 bits per heavy atom. The van der Waals surface area contributed by atoms with Gasteiger partial charge >= 0.3 is 0 Å². The Bertz CT molecular complexity index is 384. The Balaban J connectivity index is 0.000000423. The molecular weight excluding hydrogens is 226 g/mol. The van der Waals surface area contributed by atoms with Gasteiger partial charge in [-0.25, -0.2) is 4.68 Å². The van der Waals surface area contributed by atoms with Gasteiger partial charge in [0.25, 0.3) is 5.09 Å². The van der Waals surface area contributed by atoms with Crippen LogP contribution < -0.4 is 5.73 Å². The van der Waals surface area contributed by atoms with E-state index in [0.29, 0.717) is 16.4 Å². The maximum Gasteiger partial charge on any atom is 0.291 e. The molecule has 0 unspecified atom stereocenters. The molecule has 4 N–H and O–H groups in total. The third-order valence-corrected chi connectivity index (χ3v) is 1.98. The molecule has 0 fully saturated rings. The van der Waals surface area contributed by atoms with E-state index in [1.165, 1.54) is 4.68 Å². The molecule has 0 saturated carbocycles. The van der Waals surface area contributed by atoms with Gasteiger partial charge in [0.05, 0.1) is 16.4 Å². The van der Waals surface area contributed by atoms with Crippen molar-refractivity contribution >= 4 is 17.6 Å². The molecule has 0 aliphatic rings. The Morgan fingerprint density at radius 3 is 2.27 bits per heavy atom. The van der Waals surface area contributed by atoms with Gasteiger partial charge in [0.1, 0.15) is 0 Å². The van der Waals surface area contributed by atoms with Crippen LogP contribution in [0.15, 0.2) is 0 Å². The number of aryl methyl sites for hydroxylation is 1. The molecular formula is C6H10ClN5O3. The number of nitrogens with one attached hydrogen (secondary N) is 1. The van der Waals surface area contributed by atoms with Crippen LogP contribution in [0.1, 0.15) is 11.4 Å². The molecule has 0 saturated heterocycles. The number of aromatic nitrogens is 2. The monoisotopic (exact) mass is 235 g/mol. The summed E-state index contributed by atoms with van der Waals surface area (Å²) in [7, 11) is 0. The lowest BCUT2D eigenvalue weighted by Gasteiger charge is -1.97. The number of nitrogens with two attached hydrogens (primary N) is 1. The molecule has 1 rings (SSSR count). The van der Waals surface area contributed by atoms with Crippen molar-refractivity contribution in [2.75, 3.05) is 0 Å². The van der Waals surface area contributed by atoms with Gasteiger partial charge in [0, 0.05) is 0 Å². The van der Waals surface area contributed by atoms with Gasteiger partial charge in [0.2, 0.25) is 5.96 Å². The Labute approximate surface area is 89.9 Å². The summed E-state index contributed by atoms with van der Waals surface area (Å²) < 4.78 is 1.30. The summed E-state index contributed by atoms with van der Waals surface area (Å²) >= 11 is 5.81. The second-order valence-electron chi connectivity index (χ2n) is 2.52. The van der Waals surface area contributed by atoms with Crippen LogP contribution in [0, 0.1) is 29.4 Å². The standard InChI is InChI=1S/C6H9ClN4.HNO3/c1-3-5(7)4(2)11(10-3)6(8)9;2-1(3)4/h1-2H3,(H3,8,9);(H,2,3,4). The van der Waals surface area contributed by atoms with E-state index in [0.717, 1.165) is 0 Å². The van der Waals surface area contributed by atoms with E-state index in [4.69, 9.17) is 38.1 Å². The Morgan fingerprint density at radius 1 is 1.73 bits per heavy atom. The first-order valence-electron chi connectivity index (χ1n) is 3.66. The first-order valence-corrected chi connectivity index (χ1v) is 4.04. The molecule has 9 heteroatoms. The molecule has 8 nitrogen and oxygen atoms in total. The predicted octanol–water partition coefficient (Wildman–Crippen LogP) is 0.547. The van der Waals surface area contributed by atoms with Gasteiger partial charge in [-0.05, 0) is 13.8 Å². The fraction of sp³-hybridized carbons (Fsp3) is 0.333. The summed E-state index contributed by atoms with van der Waals surface area (Å²) in [6.45, 7) is 3.54. The van der Waals surface area contributed by atoms with Crippen molar-refractivity contribution in [1.82, 2.24) is 9.78 Å². The molecule has 0 aliphatic carbocycles. The highest BCUT2D eigenvalue weighted by molar-refractivity contribution is 6.32. The van der Waals surface area contributed by atoms with Gasteiger partial charge < -0.3 is 10.9 Å². The highest BCUT2D eigenvalue weighted by Gasteiger charge is 2.09. The number of nitrogens with zero attached hydrogens (tertiary/aromatic N) is 3. The van der Waals surface area contributed by atoms with E-state index in [1.54, 1.807) is 13.8 Å². The molecule has 1 aromatic heterocycles. The van der Waals surface area contributed by atoms with Crippen molar-refractivity contribution in [2.45, 2.75) is 13.8 Å². The maximum absolute atomic E-state index is 8.36. The first-order chi connectivity index (χ1) is 6.77. The fourth-order valence-electron chi connectivity index (χ4n) is 0.858. The van der Waals surface area contributed by atoms with E-state index < -0.39 is 5.09 Å². The summed E-state index contributed by atoms with van der Waals surface area (Å²) in [5, 5.41) is 25.3. The maximum atomic E-state index is 8.36. The van der Waals surface area contributed by atoms with Gasteiger partial charge in [-0.15, -0.1) is 10.1 Å². The smallest absolute Gasteiger partial charge is 0.291 e. The van der Waals surface area contributed by atoms with E-state index in [9.17, 15) is 0 Å². The van der Waals surface area contributed by atoms with Gasteiger partial charge in [0.15, 0.2) is 0 Å². The van der Waals surface area contributed by atoms with Crippen molar-refractivity contribution in [1.29, 1.82) is 5.41 Å². The molecule has 1 aromatic rings. The molecule has 0 radical (unpaired) electrons. The van der Waals surface area contributed by atoms with Crippen LogP contribution in [-0.2, 0) is 0 Å². The van der Waals surface area contributed by atoms with Crippen molar-refractivity contribution in [3.63, 3.8) is 0 Å². The zero-order valence-corrected chi connectivity index (χ0v) is 8.82. The summed E-state index contributed by atoms with van der Waals surface area (Å²) in [4.78, 5) is 8.36. The zero-order chi connectivity index (χ0) is 12.2. The molecule has 0 aliphatic heterocycles. The quantitative estimate of drug-likeness (QED) is 0.261. The van der Waals surface area contributed by atoms with Gasteiger partial charge in [-0.1, -0.05) is 11.6 Å². The minimum absolute atomic E-state index is 0.113. The second-order valence-corrected chi connectivity index (χ2v) is 2.90. The van der Waals surface area contributed by atoms with Crippen molar-refractivity contribution in [3.8, 4) is 0 Å². The van der Waals surface area contributed by atoms with Crippen LogP contribution in [0.5, 0.6) is 0 Å². The van der Waals surface area contributed by atoms with Crippen LogP contribution in [0.3, 0.4) is 0 Å². The number of halogens is 1. The van der Waals surface area contributed by atoms with Gasteiger partial charge in [-0.2, -0.15) is 5.10 Å². The lowest BCUT2D eigenvalue weighted by Crippen LogP contribution is -2.22. The average molecular weight is 236 g/mol. The summed E-state index contributed by atoms with van der Waals surface area (Å²) in [6.07, 6.45) is 0. The second kappa shape index (κ2) is 5.15. The molecule has 1 heterocycles. The molecule has 0 amide bonds. The van der Waals surface area contributed by atoms with Crippen LogP contribution in [0.25, 0.3) is 0 Å². The average Bonchev–Trinajstić information content (AvgIpc) is 2.32. The van der Waals surface area contributed by atoms with Crippen LogP contribution in [-0.4, -0.2) is 26.0 Å². The zero-order valence-electron chi connectivity index (χ0n) is 8.06. The number of hydrogen-bond donors (Lipinski definition) is 3. The molecule has 15 heavy (non-hydrogen) atoms. The van der Waals surface area contributed by atoms with Crippen molar-refractivity contribution in [3.05, 3.63) is 26.5 Å². The van der Waals surface area contributed by atoms with E-state index in [-0.39, 0.29) is 5.96 Å². The van der Waals surface area contributed by atoms with E-state index in [2.05, 4.69) is 5.10 Å². The number of hydrogen-bond acceptors (Lipinski definition) is 4. The van der Waals surface area contributed by atoms with Gasteiger partial charge in [-0.3, -0.25) is 5.41 Å². The minimum atomic E-state index is -1.50. The summed E-state index contributed by atoms with van der Waals surface area (Å²) in [6, 6.07) is 0.